The van der Waals surface area contributed by atoms with E-state index in [0.717, 1.165) is 33.8 Å². The van der Waals surface area contributed by atoms with Gasteiger partial charge in [-0.1, -0.05) is 47.5 Å². The summed E-state index contributed by atoms with van der Waals surface area (Å²) in [4.78, 5) is 0.0559. The number of rotatable bonds is 4. The number of hydrogen-bond donors (Lipinski definition) is 1. The minimum absolute atomic E-state index is 0.0559. The molecule has 0 aliphatic heterocycles. The highest BCUT2D eigenvalue weighted by Crippen LogP contribution is 2.30. The van der Waals surface area contributed by atoms with E-state index in [0.29, 0.717) is 5.02 Å². The summed E-state index contributed by atoms with van der Waals surface area (Å²) in [6, 6.07) is 23.9. The van der Waals surface area contributed by atoms with Crippen molar-refractivity contribution in [3.63, 3.8) is 0 Å². The molecule has 7 heteroatoms. The van der Waals surface area contributed by atoms with Gasteiger partial charge in [0.2, 0.25) is 10.0 Å². The van der Waals surface area contributed by atoms with Gasteiger partial charge in [-0.2, -0.15) is 5.10 Å². The van der Waals surface area contributed by atoms with E-state index in [1.165, 1.54) is 12.1 Å². The normalized spacial score (nSPS) is 11.6. The zero-order valence-corrected chi connectivity index (χ0v) is 17.2. The Morgan fingerprint density at radius 2 is 1.59 bits per heavy atom. The van der Waals surface area contributed by atoms with Crippen LogP contribution in [0.5, 0.6) is 0 Å². The van der Waals surface area contributed by atoms with Crippen LogP contribution in [0.25, 0.3) is 28.2 Å². The van der Waals surface area contributed by atoms with Crippen molar-refractivity contribution < 1.29 is 8.42 Å². The fourth-order valence-electron chi connectivity index (χ4n) is 3.13. The number of primary sulfonamides is 1. The number of aromatic nitrogens is 2. The quantitative estimate of drug-likeness (QED) is 0.511. The van der Waals surface area contributed by atoms with Gasteiger partial charge < -0.3 is 0 Å². The Labute approximate surface area is 174 Å². The summed E-state index contributed by atoms with van der Waals surface area (Å²) < 4.78 is 24.9. The summed E-state index contributed by atoms with van der Waals surface area (Å²) >= 11 is 6.04. The Hall–Kier alpha value is -2.93. The summed E-state index contributed by atoms with van der Waals surface area (Å²) in [5.74, 6) is 0. The molecule has 0 atom stereocenters. The lowest BCUT2D eigenvalue weighted by molar-refractivity contribution is 0.598. The molecule has 0 spiro atoms. The molecule has 0 amide bonds. The largest absolute Gasteiger partial charge is 0.238 e. The molecule has 0 saturated heterocycles. The molecule has 2 N–H and O–H groups in total. The van der Waals surface area contributed by atoms with Gasteiger partial charge in [-0.25, -0.2) is 18.2 Å². The maximum atomic E-state index is 11.6. The number of halogens is 1. The standard InChI is InChI=1S/C22H18ClN3O2S/c1-15-3-2-4-17(13-15)21-14-22(16-5-7-18(23)8-6-16)26(25-21)19-9-11-20(12-10-19)29(24,27)28/h2-14H,1H3,(H2,24,27,28). The summed E-state index contributed by atoms with van der Waals surface area (Å²) in [5, 5.41) is 10.6. The molecule has 1 heterocycles. The zero-order chi connectivity index (χ0) is 20.6. The Morgan fingerprint density at radius 1 is 0.897 bits per heavy atom. The minimum atomic E-state index is -3.76. The molecule has 5 nitrogen and oxygen atoms in total. The predicted octanol–water partition coefficient (Wildman–Crippen LogP) is 4.82. The first-order valence-electron chi connectivity index (χ1n) is 8.87. The van der Waals surface area contributed by atoms with Crippen LogP contribution in [-0.2, 0) is 10.0 Å². The van der Waals surface area contributed by atoms with Crippen LogP contribution in [0.15, 0.2) is 83.8 Å². The van der Waals surface area contributed by atoms with Crippen molar-refractivity contribution in [1.82, 2.24) is 9.78 Å². The van der Waals surface area contributed by atoms with Crippen LogP contribution >= 0.6 is 11.6 Å². The molecule has 146 valence electrons. The number of aryl methyl sites for hydroxylation is 1. The van der Waals surface area contributed by atoms with Crippen LogP contribution in [-0.4, -0.2) is 18.2 Å². The monoisotopic (exact) mass is 423 g/mol. The maximum absolute atomic E-state index is 11.6. The Bertz CT molecular complexity index is 1280. The molecule has 0 saturated carbocycles. The van der Waals surface area contributed by atoms with Gasteiger partial charge in [0, 0.05) is 16.1 Å². The molecular weight excluding hydrogens is 406 g/mol. The molecule has 0 unspecified atom stereocenters. The fourth-order valence-corrected chi connectivity index (χ4v) is 3.77. The fraction of sp³-hybridized carbons (Fsp3) is 0.0455. The Morgan fingerprint density at radius 3 is 2.21 bits per heavy atom. The molecule has 29 heavy (non-hydrogen) atoms. The molecule has 3 aromatic carbocycles. The highest BCUT2D eigenvalue weighted by molar-refractivity contribution is 7.89. The highest BCUT2D eigenvalue weighted by atomic mass is 35.5. The van der Waals surface area contributed by atoms with Gasteiger partial charge in [0.1, 0.15) is 0 Å². The van der Waals surface area contributed by atoms with Crippen LogP contribution in [0.2, 0.25) is 5.02 Å². The lowest BCUT2D eigenvalue weighted by atomic mass is 10.1. The maximum Gasteiger partial charge on any atom is 0.238 e. The topological polar surface area (TPSA) is 78.0 Å². The van der Waals surface area contributed by atoms with E-state index in [-0.39, 0.29) is 4.90 Å². The van der Waals surface area contributed by atoms with Gasteiger partial charge in [0.15, 0.2) is 0 Å². The van der Waals surface area contributed by atoms with E-state index in [9.17, 15) is 8.42 Å². The van der Waals surface area contributed by atoms with Crippen molar-refractivity contribution in [3.8, 4) is 28.2 Å². The number of sulfonamides is 1. The molecule has 1 aromatic heterocycles. The Kier molecular flexibility index (Phi) is 5.00. The number of hydrogen-bond acceptors (Lipinski definition) is 3. The van der Waals surface area contributed by atoms with Crippen molar-refractivity contribution >= 4 is 21.6 Å². The second-order valence-electron chi connectivity index (χ2n) is 6.74. The van der Waals surface area contributed by atoms with Crippen molar-refractivity contribution in [2.75, 3.05) is 0 Å². The number of nitrogens with zero attached hydrogens (tertiary/aromatic N) is 2. The van der Waals surface area contributed by atoms with Crippen molar-refractivity contribution in [1.29, 1.82) is 0 Å². The van der Waals surface area contributed by atoms with Crippen LogP contribution in [0.4, 0.5) is 0 Å². The van der Waals surface area contributed by atoms with E-state index in [1.54, 1.807) is 16.8 Å². The third-order valence-electron chi connectivity index (χ3n) is 4.57. The molecular formula is C22H18ClN3O2S. The average molecular weight is 424 g/mol. The minimum Gasteiger partial charge on any atom is -0.232 e. The van der Waals surface area contributed by atoms with Crippen LogP contribution in [0, 0.1) is 6.92 Å². The van der Waals surface area contributed by atoms with E-state index in [2.05, 4.69) is 6.07 Å². The third kappa shape index (κ3) is 4.10. The first-order valence-corrected chi connectivity index (χ1v) is 10.8. The van der Waals surface area contributed by atoms with E-state index >= 15 is 0 Å². The number of benzene rings is 3. The lowest BCUT2D eigenvalue weighted by Gasteiger charge is -2.08. The van der Waals surface area contributed by atoms with Crippen molar-refractivity contribution in [3.05, 3.63) is 89.4 Å². The second-order valence-corrected chi connectivity index (χ2v) is 8.74. The van der Waals surface area contributed by atoms with Gasteiger partial charge in [-0.3, -0.25) is 0 Å². The third-order valence-corrected chi connectivity index (χ3v) is 5.75. The van der Waals surface area contributed by atoms with Crippen LogP contribution in [0.3, 0.4) is 0 Å². The molecule has 4 rings (SSSR count). The van der Waals surface area contributed by atoms with Crippen molar-refractivity contribution in [2.24, 2.45) is 5.14 Å². The number of nitrogens with two attached hydrogens (primary N) is 1. The molecule has 4 aromatic rings. The van der Waals surface area contributed by atoms with Gasteiger partial charge in [0.05, 0.1) is 22.0 Å². The van der Waals surface area contributed by atoms with Gasteiger partial charge in [-0.05, 0) is 55.5 Å². The highest BCUT2D eigenvalue weighted by Gasteiger charge is 2.15. The van der Waals surface area contributed by atoms with Gasteiger partial charge in [0.25, 0.3) is 0 Å². The van der Waals surface area contributed by atoms with Crippen LogP contribution < -0.4 is 5.14 Å². The molecule has 0 radical (unpaired) electrons. The Balaban J connectivity index is 1.88. The summed E-state index contributed by atoms with van der Waals surface area (Å²) in [7, 11) is -3.76. The molecule has 0 bridgehead atoms. The average Bonchev–Trinajstić information content (AvgIpc) is 3.13. The summed E-state index contributed by atoms with van der Waals surface area (Å²) in [6.45, 7) is 2.03. The predicted molar refractivity (Wildman–Crippen MR) is 116 cm³/mol. The van der Waals surface area contributed by atoms with Crippen molar-refractivity contribution in [2.45, 2.75) is 11.8 Å². The van der Waals surface area contributed by atoms with E-state index in [4.69, 9.17) is 21.8 Å². The molecule has 0 aliphatic rings. The first-order chi connectivity index (χ1) is 13.8. The van der Waals surface area contributed by atoms with Gasteiger partial charge in [-0.15, -0.1) is 0 Å². The van der Waals surface area contributed by atoms with Crippen LogP contribution in [0.1, 0.15) is 5.56 Å². The SMILES string of the molecule is Cc1cccc(-c2cc(-c3ccc(Cl)cc3)n(-c3ccc(S(N)(=O)=O)cc3)n2)c1. The zero-order valence-electron chi connectivity index (χ0n) is 15.6. The first kappa shape index (κ1) is 19.4. The summed E-state index contributed by atoms with van der Waals surface area (Å²) in [5.41, 5.74) is 5.48. The van der Waals surface area contributed by atoms with Gasteiger partial charge >= 0.3 is 0 Å². The van der Waals surface area contributed by atoms with E-state index in [1.807, 2.05) is 55.5 Å². The second kappa shape index (κ2) is 7.48. The lowest BCUT2D eigenvalue weighted by Crippen LogP contribution is -2.12. The summed E-state index contributed by atoms with van der Waals surface area (Å²) in [6.07, 6.45) is 0. The molecule has 0 fully saturated rings. The molecule has 0 aliphatic carbocycles. The van der Waals surface area contributed by atoms with E-state index < -0.39 is 10.0 Å². The smallest absolute Gasteiger partial charge is 0.232 e.